The van der Waals surface area contributed by atoms with Crippen molar-refractivity contribution >= 4 is 32.6 Å². The Bertz CT molecular complexity index is 1820. The number of carbonyl (C=O) groups excluding carboxylic acids is 1. The van der Waals surface area contributed by atoms with Crippen LogP contribution < -0.4 is 4.31 Å². The van der Waals surface area contributed by atoms with Crippen LogP contribution >= 0.6 is 0 Å². The number of benzene rings is 5. The van der Waals surface area contributed by atoms with Crippen LogP contribution in [-0.4, -0.2) is 56.1 Å². The summed E-state index contributed by atoms with van der Waals surface area (Å²) in [6.45, 7) is 4.63. The zero-order chi connectivity index (χ0) is 32.6. The van der Waals surface area contributed by atoms with Gasteiger partial charge < -0.3 is 9.64 Å². The molecule has 7 nitrogen and oxygen atoms in total. The molecule has 0 radical (unpaired) electrons. The maximum atomic E-state index is 14.4. The molecule has 0 aromatic heterocycles. The van der Waals surface area contributed by atoms with Crippen molar-refractivity contribution < 1.29 is 17.9 Å². The zero-order valence-corrected chi connectivity index (χ0v) is 27.5. The van der Waals surface area contributed by atoms with Crippen molar-refractivity contribution in [2.45, 2.75) is 49.8 Å². The summed E-state index contributed by atoms with van der Waals surface area (Å²) in [5.74, 6) is 0. The van der Waals surface area contributed by atoms with E-state index in [9.17, 15) is 13.2 Å². The number of hydrogen-bond donors (Lipinski definition) is 0. The van der Waals surface area contributed by atoms with Gasteiger partial charge >= 0.3 is 6.09 Å². The summed E-state index contributed by atoms with van der Waals surface area (Å²) < 4.78 is 36.2. The fourth-order valence-corrected chi connectivity index (χ4v) is 8.25. The number of ether oxygens (including phenoxy) is 1. The van der Waals surface area contributed by atoms with Crippen LogP contribution in [0.2, 0.25) is 0 Å². The molecule has 5 aromatic carbocycles. The Morgan fingerprint density at radius 2 is 1.28 bits per heavy atom. The van der Waals surface area contributed by atoms with Gasteiger partial charge in [0.2, 0.25) is 0 Å². The lowest BCUT2D eigenvalue weighted by molar-refractivity contribution is 0.0592. The first kappa shape index (κ1) is 32.3. The minimum atomic E-state index is -3.91. The number of amides is 1. The molecule has 1 amide bonds. The first-order chi connectivity index (χ1) is 22.9. The summed E-state index contributed by atoms with van der Waals surface area (Å²) in [4.78, 5) is 17.6. The standard InChI is InChI=1S/C39H41N3O4S/c1-31(41(28-32-14-5-2-6-15-32)29-33-16-7-3-8-17-33)30-46-39(43)40-26-24-36(25-27-40)42(35-20-9-4-10-21-35)47(44,45)38-23-13-19-34-18-11-12-22-37(34)38/h2-23,31,36H,24-30H2,1H3/t31-/m0/s1. The van der Waals surface area contributed by atoms with E-state index >= 15 is 0 Å². The number of para-hydroxylation sites is 1. The summed E-state index contributed by atoms with van der Waals surface area (Å²) in [6.07, 6.45) is 0.632. The highest BCUT2D eigenvalue weighted by atomic mass is 32.2. The lowest BCUT2D eigenvalue weighted by atomic mass is 10.0. The van der Waals surface area contributed by atoms with Crippen LogP contribution in [0.1, 0.15) is 30.9 Å². The van der Waals surface area contributed by atoms with E-state index in [1.54, 1.807) is 21.3 Å². The highest BCUT2D eigenvalue weighted by Crippen LogP contribution is 2.33. The number of likely N-dealkylation sites (tertiary alicyclic amines) is 1. The van der Waals surface area contributed by atoms with Gasteiger partial charge in [0.15, 0.2) is 0 Å². The average molecular weight is 648 g/mol. The summed E-state index contributed by atoms with van der Waals surface area (Å²) in [5.41, 5.74) is 3.02. The molecular formula is C39H41N3O4S. The number of anilines is 1. The van der Waals surface area contributed by atoms with Gasteiger partial charge in [-0.3, -0.25) is 9.21 Å². The van der Waals surface area contributed by atoms with Gasteiger partial charge in [0.05, 0.1) is 10.6 Å². The van der Waals surface area contributed by atoms with Gasteiger partial charge in [-0.25, -0.2) is 13.2 Å². The Hall–Kier alpha value is -4.66. The molecule has 0 spiro atoms. The van der Waals surface area contributed by atoms with Crippen LogP contribution in [0, 0.1) is 0 Å². The molecule has 1 atom stereocenters. The van der Waals surface area contributed by atoms with Gasteiger partial charge in [-0.15, -0.1) is 0 Å². The van der Waals surface area contributed by atoms with Crippen molar-refractivity contribution in [1.29, 1.82) is 0 Å². The fourth-order valence-electron chi connectivity index (χ4n) is 6.32. The van der Waals surface area contributed by atoms with Gasteiger partial charge in [0, 0.05) is 43.6 Å². The predicted octanol–water partition coefficient (Wildman–Crippen LogP) is 7.73. The number of nitrogens with zero attached hydrogens (tertiary/aromatic N) is 3. The van der Waals surface area contributed by atoms with E-state index in [2.05, 4.69) is 36.1 Å². The lowest BCUT2D eigenvalue weighted by Crippen LogP contribution is -2.49. The summed E-state index contributed by atoms with van der Waals surface area (Å²) in [7, 11) is -3.91. The van der Waals surface area contributed by atoms with E-state index < -0.39 is 10.0 Å². The Kier molecular flexibility index (Phi) is 10.2. The van der Waals surface area contributed by atoms with Crippen LogP contribution in [0.25, 0.3) is 10.8 Å². The molecule has 1 saturated heterocycles. The number of rotatable bonds is 11. The van der Waals surface area contributed by atoms with Gasteiger partial charge in [-0.05, 0) is 54.5 Å². The number of fused-ring (bicyclic) bond motifs is 1. The normalized spacial score (nSPS) is 14.6. The molecule has 1 aliphatic heterocycles. The van der Waals surface area contributed by atoms with Gasteiger partial charge in [-0.2, -0.15) is 0 Å². The molecule has 8 heteroatoms. The molecule has 1 aliphatic rings. The van der Waals surface area contributed by atoms with Crippen LogP contribution in [0.4, 0.5) is 10.5 Å². The number of carbonyl (C=O) groups is 1. The Morgan fingerprint density at radius 1 is 0.745 bits per heavy atom. The third-order valence-corrected chi connectivity index (χ3v) is 10.8. The number of sulfonamides is 1. The first-order valence-corrected chi connectivity index (χ1v) is 17.6. The van der Waals surface area contributed by atoms with E-state index in [0.717, 1.165) is 18.5 Å². The van der Waals surface area contributed by atoms with E-state index in [0.29, 0.717) is 37.0 Å². The van der Waals surface area contributed by atoms with E-state index in [1.807, 2.05) is 97.1 Å². The fraction of sp³-hybridized carbons (Fsp3) is 0.256. The second kappa shape index (κ2) is 14.8. The van der Waals surface area contributed by atoms with Gasteiger partial charge in [0.1, 0.15) is 6.61 Å². The van der Waals surface area contributed by atoms with Crippen molar-refractivity contribution in [1.82, 2.24) is 9.80 Å². The zero-order valence-electron chi connectivity index (χ0n) is 26.7. The maximum Gasteiger partial charge on any atom is 0.409 e. The Balaban J connectivity index is 1.13. The Labute approximate surface area is 278 Å². The van der Waals surface area contributed by atoms with Crippen LogP contribution in [0.3, 0.4) is 0 Å². The maximum absolute atomic E-state index is 14.4. The molecular weight excluding hydrogens is 607 g/mol. The van der Waals surface area contributed by atoms with Crippen LogP contribution in [0.15, 0.2) is 138 Å². The first-order valence-electron chi connectivity index (χ1n) is 16.2. The minimum absolute atomic E-state index is 0.0173. The molecule has 0 unspecified atom stereocenters. The SMILES string of the molecule is C[C@@H](COC(=O)N1CCC(N(c2ccccc2)S(=O)(=O)c2cccc3ccccc23)CC1)N(Cc1ccccc1)Cc1ccccc1. The molecule has 47 heavy (non-hydrogen) atoms. The van der Waals surface area contributed by atoms with E-state index in [-0.39, 0.29) is 29.7 Å². The summed E-state index contributed by atoms with van der Waals surface area (Å²) in [5, 5.41) is 1.57. The van der Waals surface area contributed by atoms with Crippen molar-refractivity contribution in [2.24, 2.45) is 0 Å². The number of hydrogen-bond acceptors (Lipinski definition) is 5. The predicted molar refractivity (Wildman–Crippen MR) is 188 cm³/mol. The molecule has 1 fully saturated rings. The largest absolute Gasteiger partial charge is 0.448 e. The lowest BCUT2D eigenvalue weighted by Gasteiger charge is -2.39. The smallest absolute Gasteiger partial charge is 0.409 e. The molecule has 1 heterocycles. The second-order valence-electron chi connectivity index (χ2n) is 12.1. The van der Waals surface area contributed by atoms with Crippen molar-refractivity contribution in [3.05, 3.63) is 145 Å². The average Bonchev–Trinajstić information content (AvgIpc) is 3.11. The van der Waals surface area contributed by atoms with E-state index in [4.69, 9.17) is 4.74 Å². The highest BCUT2D eigenvalue weighted by molar-refractivity contribution is 7.93. The topological polar surface area (TPSA) is 70.2 Å². The molecule has 242 valence electrons. The molecule has 0 bridgehead atoms. The third kappa shape index (κ3) is 7.67. The van der Waals surface area contributed by atoms with Crippen LogP contribution in [0.5, 0.6) is 0 Å². The summed E-state index contributed by atoms with van der Waals surface area (Å²) in [6, 6.07) is 42.5. The summed E-state index contributed by atoms with van der Waals surface area (Å²) >= 11 is 0. The van der Waals surface area contributed by atoms with Crippen molar-refractivity contribution in [3.8, 4) is 0 Å². The molecule has 5 aromatic rings. The third-order valence-electron chi connectivity index (χ3n) is 8.88. The molecule has 0 N–H and O–H groups in total. The number of piperidine rings is 1. The van der Waals surface area contributed by atoms with Crippen LogP contribution in [-0.2, 0) is 27.8 Å². The van der Waals surface area contributed by atoms with E-state index in [1.165, 1.54) is 11.1 Å². The van der Waals surface area contributed by atoms with Crippen molar-refractivity contribution in [3.63, 3.8) is 0 Å². The highest BCUT2D eigenvalue weighted by Gasteiger charge is 2.36. The molecule has 0 aliphatic carbocycles. The molecule has 6 rings (SSSR count). The Morgan fingerprint density at radius 3 is 1.89 bits per heavy atom. The van der Waals surface area contributed by atoms with Gasteiger partial charge in [-0.1, -0.05) is 115 Å². The molecule has 0 saturated carbocycles. The second-order valence-corrected chi connectivity index (χ2v) is 13.9. The monoisotopic (exact) mass is 647 g/mol. The minimum Gasteiger partial charge on any atom is -0.448 e. The van der Waals surface area contributed by atoms with Gasteiger partial charge in [0.25, 0.3) is 10.0 Å². The van der Waals surface area contributed by atoms with Crippen molar-refractivity contribution in [2.75, 3.05) is 24.0 Å². The quantitative estimate of drug-likeness (QED) is 0.147.